The number of rotatable bonds is 11. The Balaban J connectivity index is 4.37. The molecule has 0 amide bonds. The first-order chi connectivity index (χ1) is 10.4. The third-order valence-corrected chi connectivity index (χ3v) is 2.97. The topological polar surface area (TPSA) is 102 Å². The molecule has 0 heterocycles. The molecule has 0 aromatic heterocycles. The Morgan fingerprint density at radius 2 is 1.77 bits per heavy atom. The molecule has 4 N–H and O–H groups in total. The summed E-state index contributed by atoms with van der Waals surface area (Å²) >= 11 is 0. The van der Waals surface area contributed by atoms with Gasteiger partial charge in [-0.05, 0) is 6.42 Å². The lowest BCUT2D eigenvalue weighted by atomic mass is 10.1. The van der Waals surface area contributed by atoms with Gasteiger partial charge in [-0.15, -0.1) is 0 Å². The quantitative estimate of drug-likeness (QED) is 0.365. The van der Waals surface area contributed by atoms with Gasteiger partial charge in [0.25, 0.3) is 0 Å². The largest absolute Gasteiger partial charge is 0.462 e. The molecule has 0 saturated carbocycles. The van der Waals surface area contributed by atoms with Crippen molar-refractivity contribution in [2.45, 2.75) is 51.6 Å². The second kappa shape index (κ2) is 12.1. The molecule has 1 atom stereocenters. The maximum absolute atomic E-state index is 11.8. The zero-order chi connectivity index (χ0) is 17.0. The first-order valence-electron chi connectivity index (χ1n) is 7.90. The van der Waals surface area contributed by atoms with E-state index in [1.807, 2.05) is 21.0 Å². The van der Waals surface area contributed by atoms with Crippen LogP contribution in [0.25, 0.3) is 0 Å². The molecular formula is C15H30N2O5+2. The fourth-order valence-corrected chi connectivity index (χ4v) is 1.78. The Bertz CT molecular complexity index is 358. The van der Waals surface area contributed by atoms with Gasteiger partial charge in [0.2, 0.25) is 0 Å². The number of hydrogen-bond donors (Lipinski definition) is 2. The highest BCUT2D eigenvalue weighted by Crippen LogP contribution is 2.08. The van der Waals surface area contributed by atoms with Crippen LogP contribution in [-0.4, -0.2) is 51.2 Å². The van der Waals surface area contributed by atoms with E-state index >= 15 is 0 Å². The van der Waals surface area contributed by atoms with E-state index in [0.29, 0.717) is 32.2 Å². The van der Waals surface area contributed by atoms with Crippen molar-refractivity contribution < 1.29 is 34.5 Å². The highest BCUT2D eigenvalue weighted by molar-refractivity contribution is 5.85. The number of ether oxygens (including phenoxy) is 2. The highest BCUT2D eigenvalue weighted by Gasteiger charge is 2.22. The number of hydrogen-bond acceptors (Lipinski definition) is 5. The van der Waals surface area contributed by atoms with Crippen LogP contribution < -0.4 is 10.6 Å². The Hall–Kier alpha value is -1.47. The Morgan fingerprint density at radius 3 is 2.32 bits per heavy atom. The zero-order valence-corrected chi connectivity index (χ0v) is 14.0. The lowest BCUT2D eigenvalue weighted by Gasteiger charge is -2.18. The molecule has 0 aliphatic heterocycles. The molecule has 0 aromatic rings. The fraction of sp³-hybridized carbons (Fsp3) is 0.800. The van der Waals surface area contributed by atoms with Gasteiger partial charge in [0.1, 0.15) is 6.10 Å². The van der Waals surface area contributed by atoms with Crippen molar-refractivity contribution in [2.24, 2.45) is 0 Å². The monoisotopic (exact) mass is 318 g/mol. The number of esters is 3. The highest BCUT2D eigenvalue weighted by atomic mass is 16.6. The van der Waals surface area contributed by atoms with E-state index in [0.717, 1.165) is 6.54 Å². The third kappa shape index (κ3) is 11.2. The van der Waals surface area contributed by atoms with Crippen LogP contribution in [0.15, 0.2) is 0 Å². The minimum atomic E-state index is -0.642. The van der Waals surface area contributed by atoms with Crippen LogP contribution in [0, 0.1) is 0 Å². The Kier molecular flexibility index (Phi) is 11.3. The van der Waals surface area contributed by atoms with E-state index < -0.39 is 18.0 Å². The van der Waals surface area contributed by atoms with E-state index in [4.69, 9.17) is 9.47 Å². The average Bonchev–Trinajstić information content (AvgIpc) is 2.42. The van der Waals surface area contributed by atoms with Crippen LogP contribution >= 0.6 is 0 Å². The van der Waals surface area contributed by atoms with Crippen LogP contribution in [0.4, 0.5) is 0 Å². The van der Waals surface area contributed by atoms with Gasteiger partial charge in [0.15, 0.2) is 0 Å². The molecule has 0 spiro atoms. The lowest BCUT2D eigenvalue weighted by molar-refractivity contribution is -0.858. The minimum Gasteiger partial charge on any atom is -0.462 e. The normalized spacial score (nSPS) is 12.0. The lowest BCUT2D eigenvalue weighted by Crippen LogP contribution is -3.05. The van der Waals surface area contributed by atoms with E-state index in [-0.39, 0.29) is 18.8 Å². The molecule has 7 nitrogen and oxygen atoms in total. The molecule has 0 aromatic carbocycles. The van der Waals surface area contributed by atoms with Crippen molar-refractivity contribution in [1.82, 2.24) is 0 Å². The minimum absolute atomic E-state index is 0.0845. The maximum Gasteiger partial charge on any atom is 0.317 e. The van der Waals surface area contributed by atoms with Gasteiger partial charge < -0.3 is 20.1 Å². The number of carbonyl (C=O) groups excluding carboxylic acids is 3. The van der Waals surface area contributed by atoms with Crippen molar-refractivity contribution in [2.75, 3.05) is 27.2 Å². The predicted molar refractivity (Wildman–Crippen MR) is 79.8 cm³/mol. The van der Waals surface area contributed by atoms with E-state index in [1.165, 1.54) is 4.90 Å². The zero-order valence-electron chi connectivity index (χ0n) is 14.0. The van der Waals surface area contributed by atoms with Crippen LogP contribution in [0.3, 0.4) is 0 Å². The second-order valence-corrected chi connectivity index (χ2v) is 5.61. The molecule has 22 heavy (non-hydrogen) atoms. The first-order valence-corrected chi connectivity index (χ1v) is 7.90. The van der Waals surface area contributed by atoms with E-state index in [9.17, 15) is 14.4 Å². The predicted octanol–water partition coefficient (Wildman–Crippen LogP) is -1.29. The van der Waals surface area contributed by atoms with Crippen molar-refractivity contribution >= 4 is 17.9 Å². The fourth-order valence-electron chi connectivity index (χ4n) is 1.78. The average molecular weight is 318 g/mol. The van der Waals surface area contributed by atoms with Gasteiger partial charge in [-0.3, -0.25) is 14.4 Å². The van der Waals surface area contributed by atoms with Gasteiger partial charge >= 0.3 is 17.9 Å². The Labute approximate surface area is 132 Å². The van der Waals surface area contributed by atoms with Crippen molar-refractivity contribution in [3.63, 3.8) is 0 Å². The molecule has 0 fully saturated rings. The second-order valence-electron chi connectivity index (χ2n) is 5.61. The molecule has 0 saturated heterocycles. The summed E-state index contributed by atoms with van der Waals surface area (Å²) < 4.78 is 10.0. The summed E-state index contributed by atoms with van der Waals surface area (Å²) in [5.41, 5.74) is 3.62. The third-order valence-electron chi connectivity index (χ3n) is 2.97. The summed E-state index contributed by atoms with van der Waals surface area (Å²) in [6, 6.07) is 0. The SMILES string of the molecule is CCCC(=O)O[C@@H](CC[NH+](C)C)CC(=O)OC(=O)CCC[NH3+]. The molecule has 128 valence electrons. The van der Waals surface area contributed by atoms with Gasteiger partial charge in [-0.25, -0.2) is 0 Å². The van der Waals surface area contributed by atoms with Crippen LogP contribution in [-0.2, 0) is 23.9 Å². The van der Waals surface area contributed by atoms with Gasteiger partial charge in [-0.2, -0.15) is 0 Å². The van der Waals surface area contributed by atoms with Crippen molar-refractivity contribution in [3.8, 4) is 0 Å². The number of nitrogens with one attached hydrogen (secondary N) is 1. The number of quaternary nitrogens is 2. The molecule has 0 rings (SSSR count). The van der Waals surface area contributed by atoms with Gasteiger partial charge in [0.05, 0.1) is 40.0 Å². The summed E-state index contributed by atoms with van der Waals surface area (Å²) in [5.74, 6) is -1.51. The molecule has 0 aliphatic carbocycles. The van der Waals surface area contributed by atoms with Crippen LogP contribution in [0.5, 0.6) is 0 Å². The standard InChI is InChI=1S/C15H28N2O5/c1-4-6-13(18)21-12(8-10-17(2)3)11-15(20)22-14(19)7-5-9-16/h12H,4-11,16H2,1-3H3/p+2/t12-/m0/s1. The maximum atomic E-state index is 11.8. The molecule has 0 aliphatic rings. The van der Waals surface area contributed by atoms with Crippen molar-refractivity contribution in [3.05, 3.63) is 0 Å². The Morgan fingerprint density at radius 1 is 1.09 bits per heavy atom. The van der Waals surface area contributed by atoms with Crippen LogP contribution in [0.2, 0.25) is 0 Å². The van der Waals surface area contributed by atoms with Gasteiger partial charge in [0, 0.05) is 19.3 Å². The van der Waals surface area contributed by atoms with Crippen LogP contribution in [0.1, 0.15) is 45.4 Å². The summed E-state index contributed by atoms with van der Waals surface area (Å²) in [6.45, 7) is 3.26. The van der Waals surface area contributed by atoms with E-state index in [2.05, 4.69) is 5.73 Å². The molecular weight excluding hydrogens is 288 g/mol. The molecule has 0 bridgehead atoms. The van der Waals surface area contributed by atoms with Crippen molar-refractivity contribution in [1.29, 1.82) is 0 Å². The number of carbonyl (C=O) groups is 3. The van der Waals surface area contributed by atoms with E-state index in [1.54, 1.807) is 0 Å². The molecule has 0 radical (unpaired) electrons. The summed E-state index contributed by atoms with van der Waals surface area (Å²) in [4.78, 5) is 35.9. The first kappa shape index (κ1) is 20.5. The van der Waals surface area contributed by atoms with Gasteiger partial charge in [-0.1, -0.05) is 6.92 Å². The summed E-state index contributed by atoms with van der Waals surface area (Å²) in [7, 11) is 3.96. The molecule has 0 unspecified atom stereocenters. The molecule has 7 heteroatoms. The smallest absolute Gasteiger partial charge is 0.317 e. The summed E-state index contributed by atoms with van der Waals surface area (Å²) in [5, 5.41) is 0. The summed E-state index contributed by atoms with van der Waals surface area (Å²) in [6.07, 6.45) is 1.71.